The molecule has 6 nitrogen and oxygen atoms in total. The first-order valence-electron chi connectivity index (χ1n) is 8.41. The third kappa shape index (κ3) is 4.36. The van der Waals surface area contributed by atoms with Crippen LogP contribution in [0.3, 0.4) is 0 Å². The van der Waals surface area contributed by atoms with E-state index in [1.165, 1.54) is 24.3 Å². The second-order valence-electron chi connectivity index (χ2n) is 6.95. The molecule has 2 aliphatic carbocycles. The average molecular weight is 373 g/mol. The number of hydrogen-bond acceptors (Lipinski definition) is 4. The first-order chi connectivity index (χ1) is 11.3. The lowest BCUT2D eigenvalue weighted by atomic mass is 9.88. The van der Waals surface area contributed by atoms with E-state index in [0.29, 0.717) is 5.92 Å². The fourth-order valence-corrected chi connectivity index (χ4v) is 5.56. The van der Waals surface area contributed by atoms with Gasteiger partial charge in [-0.3, -0.25) is 0 Å². The van der Waals surface area contributed by atoms with E-state index in [9.17, 15) is 16.8 Å². The standard InChI is InChI=1S/C16H24N2O4S2/c1-12-2-4-13(5-3-12)17-23(19,20)15-8-10-16(11-9-15)24(21,22)18-14-6-7-14/h8-14,17-18H,2-7H2,1H3. The van der Waals surface area contributed by atoms with Gasteiger partial charge in [0.25, 0.3) is 0 Å². The van der Waals surface area contributed by atoms with Gasteiger partial charge >= 0.3 is 0 Å². The molecular formula is C16H24N2O4S2. The van der Waals surface area contributed by atoms with Crippen molar-refractivity contribution in [2.75, 3.05) is 0 Å². The lowest BCUT2D eigenvalue weighted by Gasteiger charge is -2.26. The molecule has 1 aromatic rings. The van der Waals surface area contributed by atoms with Crippen LogP contribution in [0.15, 0.2) is 34.1 Å². The number of sulfonamides is 2. The van der Waals surface area contributed by atoms with Crippen LogP contribution in [0.25, 0.3) is 0 Å². The van der Waals surface area contributed by atoms with Crippen molar-refractivity contribution in [2.45, 2.75) is 67.3 Å². The Bertz CT molecular complexity index is 776. The minimum Gasteiger partial charge on any atom is -0.208 e. The molecule has 0 heterocycles. The van der Waals surface area contributed by atoms with Gasteiger partial charge in [0.1, 0.15) is 0 Å². The summed E-state index contributed by atoms with van der Waals surface area (Å²) in [5.41, 5.74) is 0. The zero-order valence-corrected chi connectivity index (χ0v) is 15.4. The fraction of sp³-hybridized carbons (Fsp3) is 0.625. The van der Waals surface area contributed by atoms with E-state index in [1.54, 1.807) is 0 Å². The number of nitrogens with one attached hydrogen (secondary N) is 2. The largest absolute Gasteiger partial charge is 0.240 e. The van der Waals surface area contributed by atoms with Crippen LogP contribution < -0.4 is 9.44 Å². The topological polar surface area (TPSA) is 92.3 Å². The van der Waals surface area contributed by atoms with Crippen molar-refractivity contribution < 1.29 is 16.8 Å². The molecule has 1 aromatic carbocycles. The van der Waals surface area contributed by atoms with E-state index in [-0.39, 0.29) is 21.9 Å². The molecule has 0 spiro atoms. The third-order valence-corrected chi connectivity index (χ3v) is 7.75. The number of rotatable bonds is 6. The summed E-state index contributed by atoms with van der Waals surface area (Å²) in [6.45, 7) is 2.18. The molecule has 24 heavy (non-hydrogen) atoms. The van der Waals surface area contributed by atoms with E-state index in [4.69, 9.17) is 0 Å². The van der Waals surface area contributed by atoms with Gasteiger partial charge in [0.2, 0.25) is 20.0 Å². The fourth-order valence-electron chi connectivity index (χ4n) is 2.95. The lowest BCUT2D eigenvalue weighted by molar-refractivity contribution is 0.332. The summed E-state index contributed by atoms with van der Waals surface area (Å²) in [5.74, 6) is 0.647. The Morgan fingerprint density at radius 2 is 1.04 bits per heavy atom. The van der Waals surface area contributed by atoms with Crippen LogP contribution in [0, 0.1) is 5.92 Å². The molecule has 0 bridgehead atoms. The van der Waals surface area contributed by atoms with Crippen molar-refractivity contribution >= 4 is 20.0 Å². The van der Waals surface area contributed by atoms with Gasteiger partial charge in [0.05, 0.1) is 9.79 Å². The van der Waals surface area contributed by atoms with Crippen LogP contribution in [0.2, 0.25) is 0 Å². The average Bonchev–Trinajstić information content (AvgIpc) is 3.33. The summed E-state index contributed by atoms with van der Waals surface area (Å²) in [4.78, 5) is 0.200. The summed E-state index contributed by atoms with van der Waals surface area (Å²) in [6.07, 6.45) is 5.45. The van der Waals surface area contributed by atoms with Gasteiger partial charge in [-0.15, -0.1) is 0 Å². The molecule has 2 saturated carbocycles. The monoisotopic (exact) mass is 372 g/mol. The Labute approximate surface area is 144 Å². The summed E-state index contributed by atoms with van der Waals surface area (Å²) < 4.78 is 54.5. The van der Waals surface area contributed by atoms with Crippen LogP contribution >= 0.6 is 0 Å². The molecule has 0 radical (unpaired) electrons. The van der Waals surface area contributed by atoms with Crippen LogP contribution in [-0.2, 0) is 20.0 Å². The maximum absolute atomic E-state index is 12.5. The Hall–Kier alpha value is -0.960. The third-order valence-electron chi connectivity index (χ3n) is 4.68. The Morgan fingerprint density at radius 3 is 1.38 bits per heavy atom. The Morgan fingerprint density at radius 1 is 0.708 bits per heavy atom. The Kier molecular flexibility index (Phi) is 5.01. The van der Waals surface area contributed by atoms with E-state index >= 15 is 0 Å². The lowest BCUT2D eigenvalue weighted by Crippen LogP contribution is -2.37. The minimum atomic E-state index is -3.62. The van der Waals surface area contributed by atoms with Crippen molar-refractivity contribution in [1.82, 2.24) is 9.44 Å². The first kappa shape index (κ1) is 17.8. The van der Waals surface area contributed by atoms with Crippen molar-refractivity contribution in [1.29, 1.82) is 0 Å². The highest BCUT2D eigenvalue weighted by atomic mass is 32.2. The maximum atomic E-state index is 12.5. The second-order valence-corrected chi connectivity index (χ2v) is 10.4. The van der Waals surface area contributed by atoms with Gasteiger partial charge in [0, 0.05) is 12.1 Å². The van der Waals surface area contributed by atoms with Crippen molar-refractivity contribution in [2.24, 2.45) is 5.92 Å². The quantitative estimate of drug-likeness (QED) is 0.799. The summed E-state index contributed by atoms with van der Waals surface area (Å²) >= 11 is 0. The van der Waals surface area contributed by atoms with Crippen LogP contribution in [0.4, 0.5) is 0 Å². The smallest absolute Gasteiger partial charge is 0.208 e. The highest BCUT2D eigenvalue weighted by molar-refractivity contribution is 7.90. The molecule has 0 unspecified atom stereocenters. The zero-order chi connectivity index (χ0) is 17.4. The number of benzene rings is 1. The van der Waals surface area contributed by atoms with Crippen molar-refractivity contribution in [3.05, 3.63) is 24.3 Å². The van der Waals surface area contributed by atoms with E-state index in [1.807, 2.05) is 0 Å². The normalized spacial score (nSPS) is 25.5. The van der Waals surface area contributed by atoms with E-state index in [2.05, 4.69) is 16.4 Å². The van der Waals surface area contributed by atoms with Gasteiger partial charge in [-0.2, -0.15) is 0 Å². The zero-order valence-electron chi connectivity index (χ0n) is 13.7. The van der Waals surface area contributed by atoms with Crippen molar-refractivity contribution in [3.8, 4) is 0 Å². The molecule has 134 valence electrons. The summed E-state index contributed by atoms with van der Waals surface area (Å²) in [6, 6.07) is 5.40. The second kappa shape index (κ2) is 6.74. The van der Waals surface area contributed by atoms with Gasteiger partial charge in [0.15, 0.2) is 0 Å². The SMILES string of the molecule is CC1CCC(NS(=O)(=O)c2ccc(S(=O)(=O)NC3CC3)cc2)CC1. The molecule has 3 rings (SSSR count). The molecule has 0 saturated heterocycles. The predicted molar refractivity (Wildman–Crippen MR) is 91.5 cm³/mol. The predicted octanol–water partition coefficient (Wildman–Crippen LogP) is 1.98. The molecule has 0 aliphatic heterocycles. The molecule has 8 heteroatoms. The minimum absolute atomic E-state index is 0.0220. The molecule has 2 N–H and O–H groups in total. The highest BCUT2D eigenvalue weighted by Crippen LogP contribution is 2.25. The summed E-state index contributed by atoms with van der Waals surface area (Å²) in [7, 11) is -7.17. The van der Waals surface area contributed by atoms with E-state index in [0.717, 1.165) is 38.5 Å². The van der Waals surface area contributed by atoms with Crippen LogP contribution in [0.1, 0.15) is 45.4 Å². The number of hydrogen-bond donors (Lipinski definition) is 2. The molecule has 2 fully saturated rings. The van der Waals surface area contributed by atoms with Crippen LogP contribution in [0.5, 0.6) is 0 Å². The molecule has 2 aliphatic rings. The summed E-state index contributed by atoms with van der Waals surface area (Å²) in [5, 5.41) is 0. The maximum Gasteiger partial charge on any atom is 0.240 e. The molecular weight excluding hydrogens is 348 g/mol. The Balaban J connectivity index is 1.69. The molecule has 0 atom stereocenters. The van der Waals surface area contributed by atoms with E-state index < -0.39 is 20.0 Å². The first-order valence-corrected chi connectivity index (χ1v) is 11.4. The van der Waals surface area contributed by atoms with Gasteiger partial charge in [-0.05, 0) is 68.7 Å². The van der Waals surface area contributed by atoms with Gasteiger partial charge < -0.3 is 0 Å². The van der Waals surface area contributed by atoms with Gasteiger partial charge in [-0.1, -0.05) is 6.92 Å². The highest BCUT2D eigenvalue weighted by Gasteiger charge is 2.28. The molecule has 0 aromatic heterocycles. The van der Waals surface area contributed by atoms with Crippen molar-refractivity contribution in [3.63, 3.8) is 0 Å². The molecule has 0 amide bonds. The van der Waals surface area contributed by atoms with Crippen LogP contribution in [-0.4, -0.2) is 28.9 Å². The van der Waals surface area contributed by atoms with Gasteiger partial charge in [-0.25, -0.2) is 26.3 Å².